The summed E-state index contributed by atoms with van der Waals surface area (Å²) in [7, 11) is 0. The molecule has 0 saturated carbocycles. The average molecular weight is 337 g/mol. The molecule has 7 heteroatoms. The highest BCUT2D eigenvalue weighted by Crippen LogP contribution is 2.24. The van der Waals surface area contributed by atoms with Gasteiger partial charge < -0.3 is 5.73 Å². The number of rotatable bonds is 3. The minimum atomic E-state index is 0.319. The van der Waals surface area contributed by atoms with Crippen molar-refractivity contribution in [3.63, 3.8) is 0 Å². The number of nitrogen functional groups attached to an aromatic ring is 1. The van der Waals surface area contributed by atoms with Gasteiger partial charge in [0.2, 0.25) is 5.95 Å². The van der Waals surface area contributed by atoms with Crippen LogP contribution in [0.3, 0.4) is 0 Å². The van der Waals surface area contributed by atoms with Crippen LogP contribution in [0.1, 0.15) is 5.56 Å². The van der Waals surface area contributed by atoms with Crippen molar-refractivity contribution in [1.82, 2.24) is 9.66 Å². The molecule has 1 aromatic carbocycles. The van der Waals surface area contributed by atoms with Gasteiger partial charge in [-0.05, 0) is 23.6 Å². The van der Waals surface area contributed by atoms with E-state index in [1.165, 1.54) is 4.68 Å². The van der Waals surface area contributed by atoms with E-state index >= 15 is 0 Å². The van der Waals surface area contributed by atoms with Gasteiger partial charge in [-0.25, -0.2) is 9.66 Å². The van der Waals surface area contributed by atoms with Crippen LogP contribution in [0.2, 0.25) is 10.0 Å². The number of thiophene rings is 1. The minimum absolute atomic E-state index is 0.319. The van der Waals surface area contributed by atoms with Gasteiger partial charge in [-0.15, -0.1) is 11.3 Å². The van der Waals surface area contributed by atoms with Gasteiger partial charge >= 0.3 is 0 Å². The number of imidazole rings is 1. The molecule has 2 heterocycles. The zero-order chi connectivity index (χ0) is 14.8. The van der Waals surface area contributed by atoms with E-state index in [1.807, 2.05) is 17.5 Å². The number of benzene rings is 1. The molecule has 3 rings (SSSR count). The fourth-order valence-electron chi connectivity index (χ4n) is 1.75. The SMILES string of the molecule is Nc1nc(-c2cccs2)cn1/N=C\c1ccc(Cl)cc1Cl. The fraction of sp³-hybridized carbons (Fsp3) is 0. The van der Waals surface area contributed by atoms with E-state index in [2.05, 4.69) is 10.1 Å². The molecule has 0 aliphatic carbocycles. The quantitative estimate of drug-likeness (QED) is 0.721. The Labute approximate surface area is 135 Å². The van der Waals surface area contributed by atoms with Crippen molar-refractivity contribution in [3.8, 4) is 10.6 Å². The van der Waals surface area contributed by atoms with Gasteiger partial charge in [-0.1, -0.05) is 35.3 Å². The summed E-state index contributed by atoms with van der Waals surface area (Å²) in [5.74, 6) is 0.319. The molecule has 3 aromatic rings. The van der Waals surface area contributed by atoms with E-state index in [4.69, 9.17) is 28.9 Å². The largest absolute Gasteiger partial charge is 0.368 e. The molecule has 4 nitrogen and oxygen atoms in total. The lowest BCUT2D eigenvalue weighted by Crippen LogP contribution is -1.97. The maximum atomic E-state index is 6.09. The minimum Gasteiger partial charge on any atom is -0.368 e. The molecule has 0 unspecified atom stereocenters. The number of anilines is 1. The monoisotopic (exact) mass is 336 g/mol. The third kappa shape index (κ3) is 3.10. The molecule has 0 aliphatic rings. The molecular weight excluding hydrogens is 327 g/mol. The molecule has 2 N–H and O–H groups in total. The third-order valence-corrected chi connectivity index (χ3v) is 4.23. The lowest BCUT2D eigenvalue weighted by atomic mass is 10.2. The van der Waals surface area contributed by atoms with Gasteiger partial charge in [0, 0.05) is 10.6 Å². The van der Waals surface area contributed by atoms with Gasteiger partial charge in [0.1, 0.15) is 5.69 Å². The Hall–Kier alpha value is -1.82. The summed E-state index contributed by atoms with van der Waals surface area (Å²) < 4.78 is 1.51. The lowest BCUT2D eigenvalue weighted by Gasteiger charge is -1.99. The predicted molar refractivity (Wildman–Crippen MR) is 89.4 cm³/mol. The zero-order valence-corrected chi connectivity index (χ0v) is 13.0. The van der Waals surface area contributed by atoms with Crippen LogP contribution in [-0.2, 0) is 0 Å². The topological polar surface area (TPSA) is 56.2 Å². The van der Waals surface area contributed by atoms with E-state index in [1.54, 1.807) is 41.9 Å². The number of nitrogens with zero attached hydrogens (tertiary/aromatic N) is 3. The van der Waals surface area contributed by atoms with Gasteiger partial charge in [-0.2, -0.15) is 5.10 Å². The number of nitrogens with two attached hydrogens (primary N) is 1. The summed E-state index contributed by atoms with van der Waals surface area (Å²) in [5.41, 5.74) is 7.41. The van der Waals surface area contributed by atoms with E-state index in [9.17, 15) is 0 Å². The van der Waals surface area contributed by atoms with E-state index < -0.39 is 0 Å². The van der Waals surface area contributed by atoms with Crippen molar-refractivity contribution >= 4 is 46.7 Å². The highest BCUT2D eigenvalue weighted by molar-refractivity contribution is 7.13. The molecule has 0 atom stereocenters. The molecule has 0 bridgehead atoms. The molecule has 2 aromatic heterocycles. The normalized spacial score (nSPS) is 11.3. The molecule has 106 valence electrons. The second-order valence-corrected chi connectivity index (χ2v) is 6.01. The van der Waals surface area contributed by atoms with E-state index in [0.717, 1.165) is 16.1 Å². The average Bonchev–Trinajstić information content (AvgIpc) is 3.07. The Bertz CT molecular complexity index is 793. The summed E-state index contributed by atoms with van der Waals surface area (Å²) in [6.45, 7) is 0. The Kier molecular flexibility index (Phi) is 3.96. The van der Waals surface area contributed by atoms with Gasteiger partial charge in [0.15, 0.2) is 0 Å². The molecule has 0 radical (unpaired) electrons. The zero-order valence-electron chi connectivity index (χ0n) is 10.7. The van der Waals surface area contributed by atoms with E-state index in [0.29, 0.717) is 16.0 Å². The molecule has 21 heavy (non-hydrogen) atoms. The first kappa shape index (κ1) is 14.1. The van der Waals surface area contributed by atoms with Gasteiger partial charge in [-0.3, -0.25) is 0 Å². The van der Waals surface area contributed by atoms with Crippen LogP contribution in [-0.4, -0.2) is 15.9 Å². The summed E-state index contributed by atoms with van der Waals surface area (Å²) in [6.07, 6.45) is 3.40. The van der Waals surface area contributed by atoms with Gasteiger partial charge in [0.25, 0.3) is 0 Å². The first-order chi connectivity index (χ1) is 10.1. The number of hydrogen-bond donors (Lipinski definition) is 1. The highest BCUT2D eigenvalue weighted by Gasteiger charge is 2.07. The van der Waals surface area contributed by atoms with Crippen molar-refractivity contribution in [2.45, 2.75) is 0 Å². The van der Waals surface area contributed by atoms with Crippen LogP contribution in [0.25, 0.3) is 10.6 Å². The lowest BCUT2D eigenvalue weighted by molar-refractivity contribution is 0.898. The van der Waals surface area contributed by atoms with Crippen LogP contribution < -0.4 is 5.73 Å². The van der Waals surface area contributed by atoms with Crippen LogP contribution in [0.15, 0.2) is 47.0 Å². The standard InChI is InChI=1S/C14H10Cl2N4S/c15-10-4-3-9(11(16)6-10)7-18-20-8-12(19-14(20)17)13-2-1-5-21-13/h1-8H,(H2,17,19)/b18-7-. The van der Waals surface area contributed by atoms with Crippen molar-refractivity contribution in [3.05, 3.63) is 57.5 Å². The summed E-state index contributed by atoms with van der Waals surface area (Å²) in [4.78, 5) is 5.33. The van der Waals surface area contributed by atoms with Crippen LogP contribution >= 0.6 is 34.5 Å². The van der Waals surface area contributed by atoms with Crippen molar-refractivity contribution in [2.24, 2.45) is 5.10 Å². The maximum Gasteiger partial charge on any atom is 0.221 e. The second kappa shape index (κ2) is 5.89. The van der Waals surface area contributed by atoms with Crippen LogP contribution in [0.5, 0.6) is 0 Å². The van der Waals surface area contributed by atoms with Crippen molar-refractivity contribution in [2.75, 3.05) is 5.73 Å². The summed E-state index contributed by atoms with van der Waals surface area (Å²) >= 11 is 13.5. The van der Waals surface area contributed by atoms with Gasteiger partial charge in [0.05, 0.1) is 22.3 Å². The molecular formula is C14H10Cl2N4S. The highest BCUT2D eigenvalue weighted by atomic mass is 35.5. The third-order valence-electron chi connectivity index (χ3n) is 2.77. The maximum absolute atomic E-state index is 6.09. The second-order valence-electron chi connectivity index (χ2n) is 4.22. The summed E-state index contributed by atoms with van der Waals surface area (Å²) in [6, 6.07) is 9.16. The van der Waals surface area contributed by atoms with E-state index in [-0.39, 0.29) is 0 Å². The molecule has 0 aliphatic heterocycles. The smallest absolute Gasteiger partial charge is 0.221 e. The predicted octanol–water partition coefficient (Wildman–Crippen LogP) is 4.38. The first-order valence-corrected chi connectivity index (χ1v) is 7.65. The Morgan fingerprint density at radius 3 is 2.86 bits per heavy atom. The number of hydrogen-bond acceptors (Lipinski definition) is 4. The molecule has 0 fully saturated rings. The number of halogens is 2. The first-order valence-electron chi connectivity index (χ1n) is 6.01. The van der Waals surface area contributed by atoms with Crippen LogP contribution in [0.4, 0.5) is 5.95 Å². The number of aromatic nitrogens is 2. The fourth-order valence-corrected chi connectivity index (χ4v) is 2.89. The summed E-state index contributed by atoms with van der Waals surface area (Å²) in [5, 5.41) is 7.38. The van der Waals surface area contributed by atoms with Crippen molar-refractivity contribution < 1.29 is 0 Å². The van der Waals surface area contributed by atoms with Crippen molar-refractivity contribution in [1.29, 1.82) is 0 Å². The Morgan fingerprint density at radius 1 is 1.29 bits per heavy atom. The Balaban J connectivity index is 1.89. The molecule has 0 saturated heterocycles. The molecule has 0 spiro atoms. The Morgan fingerprint density at radius 2 is 2.14 bits per heavy atom. The molecule has 0 amide bonds. The van der Waals surface area contributed by atoms with Crippen LogP contribution in [0, 0.1) is 0 Å².